The fraction of sp³-hybridized carbons (Fsp3) is 0.294. The first-order valence-electron chi connectivity index (χ1n) is 7.09. The summed E-state index contributed by atoms with van der Waals surface area (Å²) >= 11 is 6.04. The minimum Gasteiger partial charge on any atom is -0.212 e. The smallest absolute Gasteiger partial charge is 0.212 e. The molecule has 1 unspecified atom stereocenters. The lowest BCUT2D eigenvalue weighted by atomic mass is 9.99. The van der Waals surface area contributed by atoms with Crippen molar-refractivity contribution >= 4 is 21.6 Å². The van der Waals surface area contributed by atoms with E-state index in [1.807, 2.05) is 39.0 Å². The maximum absolute atomic E-state index is 12.4. The number of hydrogen-bond acceptors (Lipinski definition) is 2. The highest BCUT2D eigenvalue weighted by molar-refractivity contribution is 7.88. The van der Waals surface area contributed by atoms with Crippen LogP contribution in [0.2, 0.25) is 5.02 Å². The number of hydrogen-bond donors (Lipinski definition) is 1. The number of benzene rings is 2. The normalized spacial score (nSPS) is 13.1. The van der Waals surface area contributed by atoms with Crippen LogP contribution < -0.4 is 4.72 Å². The van der Waals surface area contributed by atoms with Crippen molar-refractivity contribution in [3.63, 3.8) is 0 Å². The van der Waals surface area contributed by atoms with Crippen LogP contribution in [0.1, 0.15) is 35.2 Å². The van der Waals surface area contributed by atoms with E-state index in [4.69, 9.17) is 11.6 Å². The second-order valence-corrected chi connectivity index (χ2v) is 7.64. The minimum atomic E-state index is -3.47. The second kappa shape index (κ2) is 6.82. The van der Waals surface area contributed by atoms with Crippen LogP contribution in [0.25, 0.3) is 0 Å². The molecule has 2 aromatic carbocycles. The molecule has 0 aliphatic carbocycles. The summed E-state index contributed by atoms with van der Waals surface area (Å²) in [4.78, 5) is 0. The number of rotatable bonds is 5. The molecule has 5 heteroatoms. The van der Waals surface area contributed by atoms with Gasteiger partial charge in [-0.15, -0.1) is 0 Å². The van der Waals surface area contributed by atoms with Gasteiger partial charge in [0, 0.05) is 11.1 Å². The lowest BCUT2D eigenvalue weighted by Crippen LogP contribution is -2.28. The van der Waals surface area contributed by atoms with Gasteiger partial charge in [-0.2, -0.15) is 0 Å². The van der Waals surface area contributed by atoms with E-state index in [9.17, 15) is 8.42 Å². The SMILES string of the molecule is Cc1cccc(C(C)NS(=O)(=O)Cc2ccccc2Cl)c1C. The summed E-state index contributed by atoms with van der Waals surface area (Å²) in [5.41, 5.74) is 3.85. The van der Waals surface area contributed by atoms with E-state index < -0.39 is 10.0 Å². The van der Waals surface area contributed by atoms with E-state index in [-0.39, 0.29) is 11.8 Å². The lowest BCUT2D eigenvalue weighted by Gasteiger charge is -2.18. The molecular weight excluding hydrogens is 318 g/mol. The van der Waals surface area contributed by atoms with Crippen LogP contribution >= 0.6 is 11.6 Å². The van der Waals surface area contributed by atoms with Gasteiger partial charge in [-0.3, -0.25) is 0 Å². The molecule has 22 heavy (non-hydrogen) atoms. The summed E-state index contributed by atoms with van der Waals surface area (Å²) in [6.45, 7) is 5.87. The molecule has 0 bridgehead atoms. The number of aryl methyl sites for hydroxylation is 1. The maximum atomic E-state index is 12.4. The van der Waals surface area contributed by atoms with Gasteiger partial charge in [0.2, 0.25) is 10.0 Å². The average molecular weight is 338 g/mol. The molecule has 0 saturated heterocycles. The zero-order valence-electron chi connectivity index (χ0n) is 12.9. The van der Waals surface area contributed by atoms with Crippen LogP contribution in [0.3, 0.4) is 0 Å². The zero-order chi connectivity index (χ0) is 16.3. The van der Waals surface area contributed by atoms with Crippen LogP contribution in [0.5, 0.6) is 0 Å². The second-order valence-electron chi connectivity index (χ2n) is 5.48. The van der Waals surface area contributed by atoms with Gasteiger partial charge in [0.1, 0.15) is 0 Å². The monoisotopic (exact) mass is 337 g/mol. The van der Waals surface area contributed by atoms with E-state index >= 15 is 0 Å². The first-order chi connectivity index (χ1) is 10.3. The molecule has 2 aromatic rings. The van der Waals surface area contributed by atoms with Crippen LogP contribution in [-0.2, 0) is 15.8 Å². The van der Waals surface area contributed by atoms with E-state index in [1.54, 1.807) is 24.3 Å². The Bertz CT molecular complexity index is 772. The fourth-order valence-electron chi connectivity index (χ4n) is 2.44. The predicted octanol–water partition coefficient (Wildman–Crippen LogP) is 4.14. The van der Waals surface area contributed by atoms with Gasteiger partial charge in [0.05, 0.1) is 5.75 Å². The molecule has 1 atom stereocenters. The van der Waals surface area contributed by atoms with Crippen LogP contribution in [0, 0.1) is 13.8 Å². The highest BCUT2D eigenvalue weighted by Crippen LogP contribution is 2.22. The van der Waals surface area contributed by atoms with Crippen LogP contribution in [-0.4, -0.2) is 8.42 Å². The summed E-state index contributed by atoms with van der Waals surface area (Å²) in [6, 6.07) is 12.6. The standard InChI is InChI=1S/C17H20ClNO2S/c1-12-7-6-9-16(13(12)2)14(3)19-22(20,21)11-15-8-4-5-10-17(15)18/h4-10,14,19H,11H2,1-3H3. The summed E-state index contributed by atoms with van der Waals surface area (Å²) in [6.07, 6.45) is 0. The quantitative estimate of drug-likeness (QED) is 0.891. The molecule has 0 amide bonds. The van der Waals surface area contributed by atoms with Crippen molar-refractivity contribution in [1.29, 1.82) is 0 Å². The third-order valence-corrected chi connectivity index (χ3v) is 5.55. The van der Waals surface area contributed by atoms with Crippen molar-refractivity contribution in [3.05, 3.63) is 69.7 Å². The summed E-state index contributed by atoms with van der Waals surface area (Å²) in [5.74, 6) is -0.123. The molecule has 0 radical (unpaired) electrons. The molecule has 0 heterocycles. The van der Waals surface area contributed by atoms with Gasteiger partial charge in [0.25, 0.3) is 0 Å². The summed E-state index contributed by atoms with van der Waals surface area (Å²) < 4.78 is 27.5. The molecular formula is C17H20ClNO2S. The Balaban J connectivity index is 2.18. The van der Waals surface area contributed by atoms with Crippen molar-refractivity contribution in [2.24, 2.45) is 0 Å². The fourth-order valence-corrected chi connectivity index (χ4v) is 4.13. The van der Waals surface area contributed by atoms with Crippen LogP contribution in [0.4, 0.5) is 0 Å². The van der Waals surface area contributed by atoms with Crippen molar-refractivity contribution < 1.29 is 8.42 Å². The first-order valence-corrected chi connectivity index (χ1v) is 9.12. The average Bonchev–Trinajstić information content (AvgIpc) is 2.43. The molecule has 0 aliphatic rings. The summed E-state index contributed by atoms with van der Waals surface area (Å²) in [7, 11) is -3.47. The molecule has 3 nitrogen and oxygen atoms in total. The Morgan fingerprint density at radius 1 is 1.09 bits per heavy atom. The molecule has 0 fully saturated rings. The number of sulfonamides is 1. The Morgan fingerprint density at radius 2 is 1.77 bits per heavy atom. The zero-order valence-corrected chi connectivity index (χ0v) is 14.5. The van der Waals surface area contributed by atoms with Gasteiger partial charge in [-0.25, -0.2) is 13.1 Å². The lowest BCUT2D eigenvalue weighted by molar-refractivity contribution is 0.565. The molecule has 1 N–H and O–H groups in total. The van der Waals surface area contributed by atoms with Crippen molar-refractivity contribution in [2.75, 3.05) is 0 Å². The third kappa shape index (κ3) is 4.09. The van der Waals surface area contributed by atoms with Gasteiger partial charge in [0.15, 0.2) is 0 Å². The molecule has 0 aliphatic heterocycles. The van der Waals surface area contributed by atoms with E-state index in [0.29, 0.717) is 10.6 Å². The Morgan fingerprint density at radius 3 is 2.45 bits per heavy atom. The van der Waals surface area contributed by atoms with Crippen molar-refractivity contribution in [3.8, 4) is 0 Å². The highest BCUT2D eigenvalue weighted by atomic mass is 35.5. The van der Waals surface area contributed by atoms with E-state index in [0.717, 1.165) is 16.7 Å². The largest absolute Gasteiger partial charge is 0.216 e. The first kappa shape index (κ1) is 17.0. The Hall–Kier alpha value is -1.36. The van der Waals surface area contributed by atoms with Gasteiger partial charge in [-0.05, 0) is 49.1 Å². The predicted molar refractivity (Wildman–Crippen MR) is 91.5 cm³/mol. The van der Waals surface area contributed by atoms with E-state index in [2.05, 4.69) is 4.72 Å². The number of halogens is 1. The van der Waals surface area contributed by atoms with E-state index in [1.165, 1.54) is 0 Å². The highest BCUT2D eigenvalue weighted by Gasteiger charge is 2.19. The third-order valence-electron chi connectivity index (χ3n) is 3.77. The molecule has 0 saturated carbocycles. The minimum absolute atomic E-state index is 0.123. The van der Waals surface area contributed by atoms with Gasteiger partial charge in [-0.1, -0.05) is 48.0 Å². The van der Waals surface area contributed by atoms with Crippen LogP contribution in [0.15, 0.2) is 42.5 Å². The molecule has 2 rings (SSSR count). The van der Waals surface area contributed by atoms with Crippen molar-refractivity contribution in [1.82, 2.24) is 4.72 Å². The maximum Gasteiger partial charge on any atom is 0.216 e. The van der Waals surface area contributed by atoms with Gasteiger partial charge < -0.3 is 0 Å². The van der Waals surface area contributed by atoms with Gasteiger partial charge >= 0.3 is 0 Å². The Kier molecular flexibility index (Phi) is 5.27. The molecule has 0 spiro atoms. The van der Waals surface area contributed by atoms with Crippen molar-refractivity contribution in [2.45, 2.75) is 32.6 Å². The molecule has 118 valence electrons. The molecule has 0 aromatic heterocycles. The topological polar surface area (TPSA) is 46.2 Å². The number of nitrogens with one attached hydrogen (secondary N) is 1. The Labute approximate surface area is 137 Å². The summed E-state index contributed by atoms with van der Waals surface area (Å²) in [5, 5.41) is 0.465.